The number of carboxylic acid groups (broad SMARTS) is 1. The lowest BCUT2D eigenvalue weighted by atomic mass is 10.1. The molecule has 0 spiro atoms. The molecule has 1 aromatic heterocycles. The summed E-state index contributed by atoms with van der Waals surface area (Å²) in [6, 6.07) is 5.38. The van der Waals surface area contributed by atoms with E-state index >= 15 is 0 Å². The van der Waals surface area contributed by atoms with Crippen molar-refractivity contribution in [2.24, 2.45) is 0 Å². The molecule has 98 valence electrons. The molecule has 1 heterocycles. The molecule has 0 saturated heterocycles. The van der Waals surface area contributed by atoms with E-state index in [1.807, 2.05) is 0 Å². The van der Waals surface area contributed by atoms with Crippen LogP contribution in [0.2, 0.25) is 5.02 Å². The Morgan fingerprint density at radius 1 is 1.42 bits per heavy atom. The second-order valence-electron chi connectivity index (χ2n) is 3.79. The molecule has 0 atom stereocenters. The predicted molar refractivity (Wildman–Crippen MR) is 67.4 cm³/mol. The van der Waals surface area contributed by atoms with Crippen molar-refractivity contribution >= 4 is 17.6 Å². The van der Waals surface area contributed by atoms with Crippen molar-refractivity contribution in [3.63, 3.8) is 0 Å². The molecule has 19 heavy (non-hydrogen) atoms. The summed E-state index contributed by atoms with van der Waals surface area (Å²) in [7, 11) is 0. The highest BCUT2D eigenvalue weighted by Crippen LogP contribution is 2.27. The van der Waals surface area contributed by atoms with Gasteiger partial charge in [0.2, 0.25) is 5.88 Å². The third-order valence-electron chi connectivity index (χ3n) is 2.44. The van der Waals surface area contributed by atoms with E-state index in [4.69, 9.17) is 21.4 Å². The van der Waals surface area contributed by atoms with Crippen LogP contribution in [-0.4, -0.2) is 16.1 Å². The van der Waals surface area contributed by atoms with Gasteiger partial charge in [-0.3, -0.25) is 0 Å². The summed E-state index contributed by atoms with van der Waals surface area (Å²) in [5.74, 6) is -1.77. The maximum absolute atomic E-state index is 13.3. The first-order valence-electron chi connectivity index (χ1n) is 5.31. The van der Waals surface area contributed by atoms with E-state index in [0.29, 0.717) is 5.56 Å². The van der Waals surface area contributed by atoms with Gasteiger partial charge in [0.1, 0.15) is 17.1 Å². The SMILES string of the molecule is Cc1ccnc(Oc2ccc(Cl)c(F)c2)c1C(=O)O. The van der Waals surface area contributed by atoms with Gasteiger partial charge < -0.3 is 9.84 Å². The zero-order chi connectivity index (χ0) is 14.0. The van der Waals surface area contributed by atoms with Crippen molar-refractivity contribution in [3.8, 4) is 11.6 Å². The van der Waals surface area contributed by atoms with E-state index < -0.39 is 11.8 Å². The van der Waals surface area contributed by atoms with E-state index in [9.17, 15) is 9.18 Å². The Balaban J connectivity index is 2.40. The number of carbonyl (C=O) groups is 1. The summed E-state index contributed by atoms with van der Waals surface area (Å²) in [5, 5.41) is 9.07. The summed E-state index contributed by atoms with van der Waals surface area (Å²) in [5.41, 5.74) is 0.449. The lowest BCUT2D eigenvalue weighted by Gasteiger charge is -2.09. The van der Waals surface area contributed by atoms with Crippen molar-refractivity contribution in [1.82, 2.24) is 4.98 Å². The Morgan fingerprint density at radius 3 is 2.79 bits per heavy atom. The lowest BCUT2D eigenvalue weighted by molar-refractivity contribution is 0.0692. The third kappa shape index (κ3) is 2.82. The number of ether oxygens (including phenoxy) is 1. The van der Waals surface area contributed by atoms with Gasteiger partial charge in [-0.2, -0.15) is 0 Å². The summed E-state index contributed by atoms with van der Waals surface area (Å²) in [6.07, 6.45) is 1.42. The normalized spacial score (nSPS) is 10.3. The van der Waals surface area contributed by atoms with Crippen LogP contribution in [0.3, 0.4) is 0 Å². The molecule has 0 aliphatic heterocycles. The number of rotatable bonds is 3. The van der Waals surface area contributed by atoms with E-state index in [0.717, 1.165) is 6.07 Å². The third-order valence-corrected chi connectivity index (χ3v) is 2.75. The molecular weight excluding hydrogens is 273 g/mol. The van der Waals surface area contributed by atoms with Gasteiger partial charge in [0.05, 0.1) is 5.02 Å². The number of carboxylic acids is 1. The van der Waals surface area contributed by atoms with Crippen molar-refractivity contribution in [2.75, 3.05) is 0 Å². The van der Waals surface area contributed by atoms with Crippen LogP contribution in [0.4, 0.5) is 4.39 Å². The number of benzene rings is 1. The fourth-order valence-corrected chi connectivity index (χ4v) is 1.64. The van der Waals surface area contributed by atoms with Crippen LogP contribution in [0, 0.1) is 12.7 Å². The minimum atomic E-state index is -1.16. The maximum atomic E-state index is 13.3. The summed E-state index contributed by atoms with van der Waals surface area (Å²) in [6.45, 7) is 1.63. The summed E-state index contributed by atoms with van der Waals surface area (Å²) in [4.78, 5) is 15.0. The van der Waals surface area contributed by atoms with Gasteiger partial charge >= 0.3 is 5.97 Å². The van der Waals surface area contributed by atoms with Crippen molar-refractivity contribution < 1.29 is 19.0 Å². The fourth-order valence-electron chi connectivity index (χ4n) is 1.52. The zero-order valence-electron chi connectivity index (χ0n) is 9.85. The highest BCUT2D eigenvalue weighted by atomic mass is 35.5. The smallest absolute Gasteiger partial charge is 0.341 e. The molecule has 1 aromatic carbocycles. The molecule has 0 unspecified atom stereocenters. The second kappa shape index (κ2) is 5.24. The second-order valence-corrected chi connectivity index (χ2v) is 4.20. The van der Waals surface area contributed by atoms with E-state index in [2.05, 4.69) is 4.98 Å². The van der Waals surface area contributed by atoms with Gasteiger partial charge in [-0.15, -0.1) is 0 Å². The van der Waals surface area contributed by atoms with Crippen LogP contribution >= 0.6 is 11.6 Å². The van der Waals surface area contributed by atoms with E-state index in [-0.39, 0.29) is 22.2 Å². The summed E-state index contributed by atoms with van der Waals surface area (Å²) >= 11 is 5.55. The highest BCUT2D eigenvalue weighted by molar-refractivity contribution is 6.30. The fraction of sp³-hybridized carbons (Fsp3) is 0.0769. The van der Waals surface area contributed by atoms with Gasteiger partial charge in [-0.05, 0) is 30.7 Å². The molecule has 0 radical (unpaired) electrons. The van der Waals surface area contributed by atoms with Gasteiger partial charge in [-0.1, -0.05) is 11.6 Å². The van der Waals surface area contributed by atoms with Gasteiger partial charge in [0, 0.05) is 12.3 Å². The minimum Gasteiger partial charge on any atom is -0.477 e. The van der Waals surface area contributed by atoms with E-state index in [1.165, 1.54) is 18.3 Å². The minimum absolute atomic E-state index is 0.0389. The standard InChI is InChI=1S/C13H9ClFNO3/c1-7-4-5-16-12(11(7)13(17)18)19-8-2-3-9(14)10(15)6-8/h2-6H,1H3,(H,17,18). The van der Waals surface area contributed by atoms with Crippen LogP contribution in [0.15, 0.2) is 30.5 Å². The van der Waals surface area contributed by atoms with Crippen LogP contribution in [0.25, 0.3) is 0 Å². The largest absolute Gasteiger partial charge is 0.477 e. The predicted octanol–water partition coefficient (Wildman–Crippen LogP) is 3.67. The molecule has 0 aliphatic rings. The number of nitrogens with zero attached hydrogens (tertiary/aromatic N) is 1. The topological polar surface area (TPSA) is 59.4 Å². The van der Waals surface area contributed by atoms with Crippen LogP contribution < -0.4 is 4.74 Å². The molecule has 4 nitrogen and oxygen atoms in total. The Morgan fingerprint density at radius 2 is 2.16 bits per heavy atom. The molecule has 0 aliphatic carbocycles. The van der Waals surface area contributed by atoms with Crippen LogP contribution in [-0.2, 0) is 0 Å². The molecular formula is C13H9ClFNO3. The first kappa shape index (κ1) is 13.3. The average molecular weight is 282 g/mol. The van der Waals surface area contributed by atoms with Gasteiger partial charge in [-0.25, -0.2) is 14.2 Å². The number of aromatic nitrogens is 1. The van der Waals surface area contributed by atoms with Crippen molar-refractivity contribution in [2.45, 2.75) is 6.92 Å². The average Bonchev–Trinajstić information content (AvgIpc) is 2.33. The zero-order valence-corrected chi connectivity index (χ0v) is 10.6. The number of aryl methyl sites for hydroxylation is 1. The molecule has 0 fully saturated rings. The van der Waals surface area contributed by atoms with E-state index in [1.54, 1.807) is 13.0 Å². The lowest BCUT2D eigenvalue weighted by Crippen LogP contribution is -2.04. The Hall–Kier alpha value is -2.14. The quantitative estimate of drug-likeness (QED) is 0.932. The monoisotopic (exact) mass is 281 g/mol. The maximum Gasteiger partial charge on any atom is 0.341 e. The number of halogens is 2. The van der Waals surface area contributed by atoms with Crippen molar-refractivity contribution in [3.05, 3.63) is 52.4 Å². The molecule has 2 rings (SSSR count). The van der Waals surface area contributed by atoms with Crippen LogP contribution in [0.1, 0.15) is 15.9 Å². The van der Waals surface area contributed by atoms with Crippen LogP contribution in [0.5, 0.6) is 11.6 Å². The first-order valence-corrected chi connectivity index (χ1v) is 5.68. The Kier molecular flexibility index (Phi) is 3.66. The molecule has 2 aromatic rings. The molecule has 1 N–H and O–H groups in total. The summed E-state index contributed by atoms with van der Waals surface area (Å²) < 4.78 is 18.6. The number of hydrogen-bond acceptors (Lipinski definition) is 3. The van der Waals surface area contributed by atoms with Gasteiger partial charge in [0.25, 0.3) is 0 Å². The van der Waals surface area contributed by atoms with Gasteiger partial charge in [0.15, 0.2) is 0 Å². The molecule has 0 amide bonds. The molecule has 0 bridgehead atoms. The first-order chi connectivity index (χ1) is 8.99. The Bertz CT molecular complexity index is 646. The number of hydrogen-bond donors (Lipinski definition) is 1. The number of aromatic carboxylic acids is 1. The number of pyridine rings is 1. The molecule has 0 saturated carbocycles. The van der Waals surface area contributed by atoms with Crippen molar-refractivity contribution in [1.29, 1.82) is 0 Å². The Labute approximate surface area is 113 Å². The molecule has 6 heteroatoms. The highest BCUT2D eigenvalue weighted by Gasteiger charge is 2.16.